The topological polar surface area (TPSA) is 81.5 Å². The van der Waals surface area contributed by atoms with Crippen molar-refractivity contribution in [3.8, 4) is 11.9 Å². The summed E-state index contributed by atoms with van der Waals surface area (Å²) in [7, 11) is 0. The van der Waals surface area contributed by atoms with E-state index in [1.807, 2.05) is 47.4 Å². The summed E-state index contributed by atoms with van der Waals surface area (Å²) in [6.07, 6.45) is 12.0. The Morgan fingerprint density at radius 2 is 1.81 bits per heavy atom. The Morgan fingerprint density at radius 3 is 2.45 bits per heavy atom. The van der Waals surface area contributed by atoms with Crippen LogP contribution in [-0.2, 0) is 10.2 Å². The van der Waals surface area contributed by atoms with E-state index in [0.29, 0.717) is 19.5 Å². The lowest BCUT2D eigenvalue weighted by atomic mass is 9.87. The van der Waals surface area contributed by atoms with Crippen molar-refractivity contribution in [1.82, 2.24) is 15.2 Å². The van der Waals surface area contributed by atoms with E-state index >= 15 is 0 Å². The largest absolute Gasteiger partial charge is 0.488 e. The van der Waals surface area contributed by atoms with Crippen molar-refractivity contribution in [1.29, 1.82) is 5.26 Å². The molecule has 1 aromatic heterocycles. The van der Waals surface area contributed by atoms with Crippen molar-refractivity contribution >= 4 is 11.6 Å². The number of ether oxygens (including phenoxy) is 1. The second-order valence-corrected chi connectivity index (χ2v) is 12.7. The molecule has 2 aromatic carbocycles. The van der Waals surface area contributed by atoms with Gasteiger partial charge >= 0.3 is 0 Å². The van der Waals surface area contributed by atoms with Gasteiger partial charge in [0.15, 0.2) is 6.19 Å². The molecule has 1 N–H and O–H groups in total. The number of rotatable bonds is 9. The molecule has 0 radical (unpaired) electrons. The molecule has 1 saturated heterocycles. The fourth-order valence-electron chi connectivity index (χ4n) is 6.22. The summed E-state index contributed by atoms with van der Waals surface area (Å²) in [5.41, 5.74) is 3.02. The highest BCUT2D eigenvalue weighted by atomic mass is 16.5. The Labute approximate surface area is 250 Å². The highest BCUT2D eigenvalue weighted by Crippen LogP contribution is 2.33. The summed E-state index contributed by atoms with van der Waals surface area (Å²) < 4.78 is 6.27. The van der Waals surface area contributed by atoms with Gasteiger partial charge in [-0.05, 0) is 54.2 Å². The molecule has 5 rings (SSSR count). The zero-order chi connectivity index (χ0) is 29.5. The van der Waals surface area contributed by atoms with Gasteiger partial charge in [0.25, 0.3) is 0 Å². The SMILES string of the molecule is CC(C)(C)c1ccc(N(CC2CC(Oc3ccccc3)CN2C#N)C(C(=O)NC2CCCCC2)c2cccnc2)cc1. The number of pyridine rings is 1. The molecule has 220 valence electrons. The monoisotopic (exact) mass is 565 g/mol. The molecule has 0 bridgehead atoms. The maximum atomic E-state index is 14.2. The predicted octanol–water partition coefficient (Wildman–Crippen LogP) is 6.38. The number of nitrogens with zero attached hydrogens (tertiary/aromatic N) is 4. The van der Waals surface area contributed by atoms with Crippen molar-refractivity contribution in [2.75, 3.05) is 18.0 Å². The van der Waals surface area contributed by atoms with Crippen LogP contribution in [0.3, 0.4) is 0 Å². The standard InChI is InChI=1S/C35H43N5O2/c1-35(2,3)27-16-18-29(19-17-27)40(23-30-21-32(24-39(30)25-36)42-31-14-8-5-9-15-31)33(26-11-10-20-37-22-26)34(41)38-28-12-6-4-7-13-28/h5,8-11,14-20,22,28,30,32-33H,4,6-7,12-13,21,23-24H2,1-3H3,(H,38,41). The molecule has 7 nitrogen and oxygen atoms in total. The minimum atomic E-state index is -0.587. The van der Waals surface area contributed by atoms with Crippen LogP contribution in [0.4, 0.5) is 5.69 Å². The summed E-state index contributed by atoms with van der Waals surface area (Å²) in [5, 5.41) is 13.5. The lowest BCUT2D eigenvalue weighted by molar-refractivity contribution is -0.123. The number of likely N-dealkylation sites (tertiary alicyclic amines) is 1. The third kappa shape index (κ3) is 7.23. The molecule has 2 aliphatic rings. The quantitative estimate of drug-likeness (QED) is 0.303. The Hall–Kier alpha value is -4.05. The average Bonchev–Trinajstić information content (AvgIpc) is 3.39. The summed E-state index contributed by atoms with van der Waals surface area (Å²) in [6.45, 7) is 7.61. The van der Waals surface area contributed by atoms with Gasteiger partial charge in [-0.15, -0.1) is 0 Å². The highest BCUT2D eigenvalue weighted by Gasteiger charge is 2.38. The minimum absolute atomic E-state index is 0.00945. The number of aromatic nitrogens is 1. The van der Waals surface area contributed by atoms with Crippen molar-refractivity contribution in [2.45, 2.75) is 88.9 Å². The van der Waals surface area contributed by atoms with E-state index < -0.39 is 6.04 Å². The number of para-hydroxylation sites is 1. The van der Waals surface area contributed by atoms with Gasteiger partial charge in [-0.2, -0.15) is 5.26 Å². The Kier molecular flexibility index (Phi) is 9.31. The van der Waals surface area contributed by atoms with Crippen LogP contribution in [0, 0.1) is 11.5 Å². The van der Waals surface area contributed by atoms with E-state index in [0.717, 1.165) is 42.7 Å². The van der Waals surface area contributed by atoms with E-state index in [1.54, 1.807) is 12.4 Å². The third-order valence-corrected chi connectivity index (χ3v) is 8.53. The molecule has 7 heteroatoms. The first kappa shape index (κ1) is 29.4. The van der Waals surface area contributed by atoms with E-state index in [2.05, 4.69) is 66.4 Å². The fourth-order valence-corrected chi connectivity index (χ4v) is 6.22. The number of nitriles is 1. The maximum absolute atomic E-state index is 14.2. The van der Waals surface area contributed by atoms with E-state index in [1.165, 1.54) is 12.0 Å². The van der Waals surface area contributed by atoms with E-state index in [4.69, 9.17) is 4.74 Å². The third-order valence-electron chi connectivity index (χ3n) is 8.53. The molecule has 1 aliphatic carbocycles. The molecular weight excluding hydrogens is 522 g/mol. The van der Waals surface area contributed by atoms with Crippen LogP contribution >= 0.6 is 0 Å². The van der Waals surface area contributed by atoms with Crippen molar-refractivity contribution in [2.24, 2.45) is 0 Å². The Balaban J connectivity index is 1.48. The zero-order valence-electron chi connectivity index (χ0n) is 25.1. The second-order valence-electron chi connectivity index (χ2n) is 12.7. The summed E-state index contributed by atoms with van der Waals surface area (Å²) >= 11 is 0. The number of hydrogen-bond acceptors (Lipinski definition) is 6. The number of benzene rings is 2. The van der Waals surface area contributed by atoms with Crippen molar-refractivity contribution in [3.63, 3.8) is 0 Å². The van der Waals surface area contributed by atoms with Crippen molar-refractivity contribution < 1.29 is 9.53 Å². The Morgan fingerprint density at radius 1 is 1.07 bits per heavy atom. The zero-order valence-corrected chi connectivity index (χ0v) is 25.1. The highest BCUT2D eigenvalue weighted by molar-refractivity contribution is 5.87. The molecule has 1 saturated carbocycles. The van der Waals surface area contributed by atoms with Gasteiger partial charge in [0, 0.05) is 42.7 Å². The summed E-state index contributed by atoms with van der Waals surface area (Å²) in [5.74, 6) is 0.782. The van der Waals surface area contributed by atoms with Gasteiger partial charge in [-0.3, -0.25) is 9.78 Å². The number of carbonyl (C=O) groups is 1. The number of anilines is 1. The first-order valence-electron chi connectivity index (χ1n) is 15.3. The van der Waals surface area contributed by atoms with Crippen molar-refractivity contribution in [3.05, 3.63) is 90.3 Å². The van der Waals surface area contributed by atoms with Gasteiger partial charge in [-0.25, -0.2) is 0 Å². The smallest absolute Gasteiger partial charge is 0.247 e. The first-order chi connectivity index (χ1) is 20.3. The van der Waals surface area contributed by atoms with Gasteiger partial charge in [0.1, 0.15) is 17.9 Å². The van der Waals surface area contributed by atoms with Gasteiger partial charge in [0.05, 0.1) is 12.6 Å². The van der Waals surface area contributed by atoms with Crippen LogP contribution in [-0.4, -0.2) is 47.1 Å². The van der Waals surface area contributed by atoms with Gasteiger partial charge in [0.2, 0.25) is 5.91 Å². The average molecular weight is 566 g/mol. The van der Waals surface area contributed by atoms with E-state index in [9.17, 15) is 10.1 Å². The lowest BCUT2D eigenvalue weighted by Gasteiger charge is -2.37. The molecule has 42 heavy (non-hydrogen) atoms. The molecule has 1 amide bonds. The normalized spacial score (nSPS) is 20.0. The Bertz CT molecular complexity index is 1330. The number of carbonyl (C=O) groups excluding carboxylic acids is 1. The maximum Gasteiger partial charge on any atom is 0.247 e. The van der Waals surface area contributed by atoms with E-state index in [-0.39, 0.29) is 29.5 Å². The van der Waals surface area contributed by atoms with Crippen LogP contribution in [0.2, 0.25) is 0 Å². The number of hydrogen-bond donors (Lipinski definition) is 1. The molecule has 3 atom stereocenters. The van der Waals surface area contributed by atoms with Gasteiger partial charge < -0.3 is 19.9 Å². The molecule has 3 unspecified atom stereocenters. The van der Waals surface area contributed by atoms with Crippen LogP contribution in [0.5, 0.6) is 5.75 Å². The first-order valence-corrected chi connectivity index (χ1v) is 15.3. The van der Waals surface area contributed by atoms with Crippen LogP contribution in [0.25, 0.3) is 0 Å². The van der Waals surface area contributed by atoms with Gasteiger partial charge in [-0.1, -0.05) is 76.4 Å². The fraction of sp³-hybridized carbons (Fsp3) is 0.457. The number of nitrogens with one attached hydrogen (secondary N) is 1. The second kappa shape index (κ2) is 13.3. The summed E-state index contributed by atoms with van der Waals surface area (Å²) in [4.78, 5) is 22.6. The molecular formula is C35H43N5O2. The van der Waals surface area contributed by atoms with Crippen LogP contribution in [0.1, 0.15) is 76.5 Å². The molecule has 0 spiro atoms. The molecule has 1 aliphatic heterocycles. The molecule has 2 fully saturated rings. The number of amides is 1. The lowest BCUT2D eigenvalue weighted by Crippen LogP contribution is -2.48. The van der Waals surface area contributed by atoms with Crippen LogP contribution < -0.4 is 15.0 Å². The summed E-state index contributed by atoms with van der Waals surface area (Å²) in [6, 6.07) is 21.6. The minimum Gasteiger partial charge on any atom is -0.488 e. The molecule has 3 aromatic rings. The predicted molar refractivity (Wildman–Crippen MR) is 166 cm³/mol. The van der Waals surface area contributed by atoms with Crippen LogP contribution in [0.15, 0.2) is 79.1 Å². The molecule has 2 heterocycles.